The van der Waals surface area contributed by atoms with Crippen LogP contribution in [0.25, 0.3) is 0 Å². The normalized spacial score (nSPS) is 17.2. The average Bonchev–Trinajstić information content (AvgIpc) is 3.01. The van der Waals surface area contributed by atoms with Crippen LogP contribution in [0.15, 0.2) is 48.5 Å². The standard InChI is InChI=1S/C20H23N3O4/c1-13-12-21-20(25)23(13)16-6-4-5-15(11-16)22-19(24)14(2)27-18-9-7-17(26-3)8-10-18/h4-11,13-14H,12H2,1-3H3,(H,21,25)(H,22,24). The van der Waals surface area contributed by atoms with Crippen LogP contribution in [0.4, 0.5) is 16.2 Å². The minimum absolute atomic E-state index is 0.0563. The number of nitrogens with zero attached hydrogens (tertiary/aromatic N) is 1. The summed E-state index contributed by atoms with van der Waals surface area (Å²) >= 11 is 0. The van der Waals surface area contributed by atoms with Crippen molar-refractivity contribution in [1.82, 2.24) is 5.32 Å². The molecule has 0 bridgehead atoms. The first-order valence-corrected chi connectivity index (χ1v) is 8.76. The molecule has 2 N–H and O–H groups in total. The lowest BCUT2D eigenvalue weighted by Gasteiger charge is -2.21. The van der Waals surface area contributed by atoms with E-state index in [0.29, 0.717) is 18.0 Å². The van der Waals surface area contributed by atoms with Crippen LogP contribution in [-0.4, -0.2) is 37.7 Å². The van der Waals surface area contributed by atoms with Crippen molar-refractivity contribution < 1.29 is 19.1 Å². The second-order valence-corrected chi connectivity index (χ2v) is 6.38. The number of rotatable bonds is 6. The van der Waals surface area contributed by atoms with Crippen molar-refractivity contribution in [3.63, 3.8) is 0 Å². The number of carbonyl (C=O) groups is 2. The van der Waals surface area contributed by atoms with E-state index in [9.17, 15) is 9.59 Å². The van der Waals surface area contributed by atoms with E-state index in [1.807, 2.05) is 13.0 Å². The number of hydrogen-bond acceptors (Lipinski definition) is 4. The van der Waals surface area contributed by atoms with Crippen LogP contribution < -0.4 is 25.0 Å². The Morgan fingerprint density at radius 3 is 2.56 bits per heavy atom. The number of methoxy groups -OCH3 is 1. The van der Waals surface area contributed by atoms with E-state index in [-0.39, 0.29) is 18.0 Å². The fourth-order valence-corrected chi connectivity index (χ4v) is 2.87. The highest BCUT2D eigenvalue weighted by Crippen LogP contribution is 2.24. The average molecular weight is 369 g/mol. The van der Waals surface area contributed by atoms with Gasteiger partial charge in [-0.3, -0.25) is 9.69 Å². The molecule has 2 atom stereocenters. The van der Waals surface area contributed by atoms with Crippen molar-refractivity contribution >= 4 is 23.3 Å². The predicted octanol–water partition coefficient (Wildman–Crippen LogP) is 3.02. The van der Waals surface area contributed by atoms with Gasteiger partial charge in [0.05, 0.1) is 13.2 Å². The Morgan fingerprint density at radius 1 is 1.22 bits per heavy atom. The maximum Gasteiger partial charge on any atom is 0.322 e. The minimum Gasteiger partial charge on any atom is -0.497 e. The van der Waals surface area contributed by atoms with Crippen LogP contribution in [-0.2, 0) is 4.79 Å². The molecule has 1 fully saturated rings. The van der Waals surface area contributed by atoms with Gasteiger partial charge >= 0.3 is 6.03 Å². The molecule has 0 radical (unpaired) electrons. The van der Waals surface area contributed by atoms with Crippen molar-refractivity contribution in [3.05, 3.63) is 48.5 Å². The first kappa shape index (κ1) is 18.6. The molecule has 1 heterocycles. The second kappa shape index (κ2) is 7.99. The second-order valence-electron chi connectivity index (χ2n) is 6.38. The third kappa shape index (κ3) is 4.31. The maximum atomic E-state index is 12.4. The monoisotopic (exact) mass is 369 g/mol. The van der Waals surface area contributed by atoms with Gasteiger partial charge in [-0.2, -0.15) is 0 Å². The molecule has 142 valence electrons. The molecule has 0 aromatic heterocycles. The fourth-order valence-electron chi connectivity index (χ4n) is 2.87. The molecule has 1 saturated heterocycles. The first-order valence-electron chi connectivity index (χ1n) is 8.76. The van der Waals surface area contributed by atoms with Crippen LogP contribution in [0.3, 0.4) is 0 Å². The molecule has 1 aliphatic heterocycles. The third-order valence-corrected chi connectivity index (χ3v) is 4.34. The van der Waals surface area contributed by atoms with Gasteiger partial charge in [-0.05, 0) is 56.3 Å². The smallest absolute Gasteiger partial charge is 0.322 e. The van der Waals surface area contributed by atoms with Crippen LogP contribution in [0.1, 0.15) is 13.8 Å². The number of benzene rings is 2. The van der Waals surface area contributed by atoms with Gasteiger partial charge in [-0.1, -0.05) is 6.07 Å². The predicted molar refractivity (Wildman–Crippen MR) is 103 cm³/mol. The van der Waals surface area contributed by atoms with Crippen molar-refractivity contribution in [2.45, 2.75) is 26.0 Å². The Labute approximate surface area is 158 Å². The summed E-state index contributed by atoms with van der Waals surface area (Å²) in [5, 5.41) is 5.63. The number of urea groups is 1. The third-order valence-electron chi connectivity index (χ3n) is 4.34. The Morgan fingerprint density at radius 2 is 1.93 bits per heavy atom. The number of ether oxygens (including phenoxy) is 2. The molecule has 27 heavy (non-hydrogen) atoms. The van der Waals surface area contributed by atoms with E-state index in [0.717, 1.165) is 11.4 Å². The quantitative estimate of drug-likeness (QED) is 0.820. The van der Waals surface area contributed by atoms with Gasteiger partial charge in [0, 0.05) is 17.9 Å². The molecule has 2 unspecified atom stereocenters. The van der Waals surface area contributed by atoms with E-state index in [1.165, 1.54) is 0 Å². The molecule has 3 amide bonds. The molecular weight excluding hydrogens is 346 g/mol. The van der Waals surface area contributed by atoms with Crippen molar-refractivity contribution in [2.24, 2.45) is 0 Å². The molecule has 1 aliphatic rings. The molecule has 7 nitrogen and oxygen atoms in total. The fraction of sp³-hybridized carbons (Fsp3) is 0.300. The highest BCUT2D eigenvalue weighted by molar-refractivity contribution is 5.97. The molecule has 7 heteroatoms. The van der Waals surface area contributed by atoms with Crippen molar-refractivity contribution in [3.8, 4) is 11.5 Å². The van der Waals surface area contributed by atoms with Gasteiger partial charge < -0.3 is 20.1 Å². The molecular formula is C20H23N3O4. The van der Waals surface area contributed by atoms with Gasteiger partial charge in [0.15, 0.2) is 6.10 Å². The molecule has 3 rings (SSSR count). The summed E-state index contributed by atoms with van der Waals surface area (Å²) in [5.41, 5.74) is 1.34. The van der Waals surface area contributed by atoms with Crippen molar-refractivity contribution in [1.29, 1.82) is 0 Å². The van der Waals surface area contributed by atoms with Crippen LogP contribution in [0, 0.1) is 0 Å². The van der Waals surface area contributed by atoms with E-state index < -0.39 is 6.10 Å². The molecule has 0 spiro atoms. The number of amides is 3. The summed E-state index contributed by atoms with van der Waals surface area (Å²) < 4.78 is 10.8. The lowest BCUT2D eigenvalue weighted by Crippen LogP contribution is -2.32. The summed E-state index contributed by atoms with van der Waals surface area (Å²) in [6, 6.07) is 14.2. The molecule has 2 aromatic carbocycles. The summed E-state index contributed by atoms with van der Waals surface area (Å²) in [6.45, 7) is 4.25. The number of nitrogens with one attached hydrogen (secondary N) is 2. The number of hydrogen-bond donors (Lipinski definition) is 2. The van der Waals surface area contributed by atoms with E-state index in [2.05, 4.69) is 10.6 Å². The zero-order valence-electron chi connectivity index (χ0n) is 15.6. The maximum absolute atomic E-state index is 12.4. The lowest BCUT2D eigenvalue weighted by molar-refractivity contribution is -0.122. The van der Waals surface area contributed by atoms with Crippen LogP contribution in [0.2, 0.25) is 0 Å². The van der Waals surface area contributed by atoms with Gasteiger partial charge in [0.1, 0.15) is 11.5 Å². The van der Waals surface area contributed by atoms with Crippen LogP contribution >= 0.6 is 0 Å². The summed E-state index contributed by atoms with van der Waals surface area (Å²) in [6.07, 6.45) is -0.684. The zero-order valence-corrected chi connectivity index (χ0v) is 15.6. The number of anilines is 2. The highest BCUT2D eigenvalue weighted by atomic mass is 16.5. The summed E-state index contributed by atoms with van der Waals surface area (Å²) in [5.74, 6) is 1.02. The highest BCUT2D eigenvalue weighted by Gasteiger charge is 2.28. The largest absolute Gasteiger partial charge is 0.497 e. The summed E-state index contributed by atoms with van der Waals surface area (Å²) in [4.78, 5) is 26.1. The minimum atomic E-state index is -0.684. The van der Waals surface area contributed by atoms with Gasteiger partial charge in [-0.25, -0.2) is 4.79 Å². The molecule has 0 saturated carbocycles. The summed E-state index contributed by atoms with van der Waals surface area (Å²) in [7, 11) is 1.59. The van der Waals surface area contributed by atoms with E-state index in [4.69, 9.17) is 9.47 Å². The first-order chi connectivity index (χ1) is 13.0. The number of carbonyl (C=O) groups excluding carboxylic acids is 2. The Balaban J connectivity index is 1.64. The van der Waals surface area contributed by atoms with Crippen LogP contribution in [0.5, 0.6) is 11.5 Å². The van der Waals surface area contributed by atoms with Gasteiger partial charge in [-0.15, -0.1) is 0 Å². The molecule has 0 aliphatic carbocycles. The van der Waals surface area contributed by atoms with Gasteiger partial charge in [0.25, 0.3) is 5.91 Å². The topological polar surface area (TPSA) is 79.9 Å². The van der Waals surface area contributed by atoms with Gasteiger partial charge in [0.2, 0.25) is 0 Å². The van der Waals surface area contributed by atoms with Crippen molar-refractivity contribution in [2.75, 3.05) is 23.9 Å². The zero-order chi connectivity index (χ0) is 19.4. The Kier molecular flexibility index (Phi) is 5.49. The van der Waals surface area contributed by atoms with E-state index >= 15 is 0 Å². The SMILES string of the molecule is COc1ccc(OC(C)C(=O)Nc2cccc(N3C(=O)NCC3C)c2)cc1. The lowest BCUT2D eigenvalue weighted by atomic mass is 10.2. The van der Waals surface area contributed by atoms with E-state index in [1.54, 1.807) is 61.4 Å². The Bertz CT molecular complexity index is 822. The molecule has 2 aromatic rings. The Hall–Kier alpha value is -3.22.